The second kappa shape index (κ2) is 4.28. The van der Waals surface area contributed by atoms with Crippen LogP contribution in [-0.2, 0) is 16.1 Å². The van der Waals surface area contributed by atoms with E-state index in [-0.39, 0.29) is 24.9 Å². The summed E-state index contributed by atoms with van der Waals surface area (Å²) >= 11 is 0. The molecule has 2 rings (SSSR count). The molecule has 3 N–H and O–H groups in total. The molecule has 1 aromatic heterocycles. The van der Waals surface area contributed by atoms with Gasteiger partial charge in [-0.1, -0.05) is 6.07 Å². The van der Waals surface area contributed by atoms with Crippen molar-refractivity contribution < 1.29 is 9.59 Å². The first-order valence-electron chi connectivity index (χ1n) is 4.92. The molecule has 0 radical (unpaired) electrons. The van der Waals surface area contributed by atoms with Crippen molar-refractivity contribution in [1.82, 2.24) is 10.3 Å². The lowest BCUT2D eigenvalue weighted by molar-refractivity contribution is -0.130. The highest BCUT2D eigenvalue weighted by molar-refractivity contribution is 6.02. The molecule has 1 fully saturated rings. The van der Waals surface area contributed by atoms with Crippen molar-refractivity contribution in [3.8, 4) is 0 Å². The molecular weight excluding hydrogens is 208 g/mol. The zero-order chi connectivity index (χ0) is 11.5. The molecule has 0 bridgehead atoms. The van der Waals surface area contributed by atoms with E-state index in [1.165, 1.54) is 0 Å². The minimum atomic E-state index is -0.309. The van der Waals surface area contributed by atoms with Crippen LogP contribution in [0.2, 0.25) is 0 Å². The van der Waals surface area contributed by atoms with Gasteiger partial charge in [0.2, 0.25) is 11.8 Å². The monoisotopic (exact) mass is 220 g/mol. The lowest BCUT2D eigenvalue weighted by Crippen LogP contribution is -2.51. The van der Waals surface area contributed by atoms with Crippen LogP contribution in [-0.4, -0.2) is 29.9 Å². The van der Waals surface area contributed by atoms with Crippen molar-refractivity contribution in [2.24, 2.45) is 5.73 Å². The Bertz CT molecular complexity index is 417. The van der Waals surface area contributed by atoms with Crippen molar-refractivity contribution in [1.29, 1.82) is 0 Å². The van der Waals surface area contributed by atoms with Crippen LogP contribution < -0.4 is 16.0 Å². The predicted octanol–water partition coefficient (Wildman–Crippen LogP) is -0.997. The third-order valence-corrected chi connectivity index (χ3v) is 2.27. The predicted molar refractivity (Wildman–Crippen MR) is 57.5 cm³/mol. The smallest absolute Gasteiger partial charge is 0.246 e. The maximum atomic E-state index is 11.2. The van der Waals surface area contributed by atoms with Crippen LogP contribution in [0.15, 0.2) is 18.2 Å². The van der Waals surface area contributed by atoms with Gasteiger partial charge in [0.05, 0.1) is 18.8 Å². The molecule has 84 valence electrons. The fourth-order valence-corrected chi connectivity index (χ4v) is 1.56. The number of pyridine rings is 1. The molecule has 6 nitrogen and oxygen atoms in total. The van der Waals surface area contributed by atoms with Gasteiger partial charge in [-0.25, -0.2) is 4.98 Å². The summed E-state index contributed by atoms with van der Waals surface area (Å²) in [6.45, 7) is 0.626. The third-order valence-electron chi connectivity index (χ3n) is 2.27. The summed E-state index contributed by atoms with van der Waals surface area (Å²) in [5.74, 6) is -0.0152. The van der Waals surface area contributed by atoms with Gasteiger partial charge in [0, 0.05) is 6.54 Å². The highest BCUT2D eigenvalue weighted by atomic mass is 16.2. The average Bonchev–Trinajstić information content (AvgIpc) is 2.28. The molecule has 0 saturated carbocycles. The van der Waals surface area contributed by atoms with Crippen molar-refractivity contribution in [3.05, 3.63) is 23.9 Å². The topological polar surface area (TPSA) is 88.3 Å². The molecular formula is C10H12N4O2. The number of amides is 2. The molecule has 1 aromatic rings. The fraction of sp³-hybridized carbons (Fsp3) is 0.300. The van der Waals surface area contributed by atoms with Crippen molar-refractivity contribution >= 4 is 17.6 Å². The first-order valence-corrected chi connectivity index (χ1v) is 4.92. The van der Waals surface area contributed by atoms with Crippen LogP contribution in [0.25, 0.3) is 0 Å². The largest absolute Gasteiger partial charge is 0.338 e. The maximum Gasteiger partial charge on any atom is 0.246 e. The standard InChI is InChI=1S/C10H12N4O2/c11-4-7-2-1-3-8(12-7)14-5-9(15)13-10(16)6-14/h1-3H,4-6,11H2,(H,13,15,16). The van der Waals surface area contributed by atoms with Gasteiger partial charge in [0.1, 0.15) is 5.82 Å². The highest BCUT2D eigenvalue weighted by Gasteiger charge is 2.23. The van der Waals surface area contributed by atoms with E-state index in [4.69, 9.17) is 5.73 Å². The van der Waals surface area contributed by atoms with E-state index in [1.54, 1.807) is 17.0 Å². The van der Waals surface area contributed by atoms with Gasteiger partial charge >= 0.3 is 0 Å². The molecule has 0 aliphatic carbocycles. The van der Waals surface area contributed by atoms with Crippen LogP contribution >= 0.6 is 0 Å². The zero-order valence-corrected chi connectivity index (χ0v) is 8.64. The van der Waals surface area contributed by atoms with Gasteiger partial charge in [-0.3, -0.25) is 14.9 Å². The first kappa shape index (κ1) is 10.6. The lowest BCUT2D eigenvalue weighted by Gasteiger charge is -2.26. The number of imide groups is 1. The van der Waals surface area contributed by atoms with Crippen molar-refractivity contribution in [2.45, 2.75) is 6.54 Å². The van der Waals surface area contributed by atoms with Gasteiger partial charge < -0.3 is 10.6 Å². The van der Waals surface area contributed by atoms with E-state index >= 15 is 0 Å². The number of nitrogens with one attached hydrogen (secondary N) is 1. The van der Waals surface area contributed by atoms with Gasteiger partial charge in [-0.15, -0.1) is 0 Å². The second-order valence-electron chi connectivity index (χ2n) is 3.52. The first-order chi connectivity index (χ1) is 7.69. The number of hydrogen-bond acceptors (Lipinski definition) is 5. The Morgan fingerprint density at radius 3 is 2.62 bits per heavy atom. The molecule has 0 spiro atoms. The summed E-state index contributed by atoms with van der Waals surface area (Å²) < 4.78 is 0. The van der Waals surface area contributed by atoms with E-state index in [0.29, 0.717) is 12.4 Å². The van der Waals surface area contributed by atoms with Crippen LogP contribution in [0.3, 0.4) is 0 Å². The fourth-order valence-electron chi connectivity index (χ4n) is 1.56. The van der Waals surface area contributed by atoms with Crippen LogP contribution in [0, 0.1) is 0 Å². The SMILES string of the molecule is NCc1cccc(N2CC(=O)NC(=O)C2)n1. The average molecular weight is 220 g/mol. The van der Waals surface area contributed by atoms with E-state index in [1.807, 2.05) is 6.07 Å². The van der Waals surface area contributed by atoms with Crippen LogP contribution in [0.5, 0.6) is 0 Å². The van der Waals surface area contributed by atoms with E-state index in [2.05, 4.69) is 10.3 Å². The molecule has 1 saturated heterocycles. The van der Waals surface area contributed by atoms with Gasteiger partial charge in [-0.2, -0.15) is 0 Å². The normalized spacial score (nSPS) is 16.2. The highest BCUT2D eigenvalue weighted by Crippen LogP contribution is 2.12. The Labute approximate surface area is 92.4 Å². The van der Waals surface area contributed by atoms with E-state index in [9.17, 15) is 9.59 Å². The van der Waals surface area contributed by atoms with E-state index in [0.717, 1.165) is 5.69 Å². The van der Waals surface area contributed by atoms with Crippen molar-refractivity contribution in [2.75, 3.05) is 18.0 Å². The molecule has 2 heterocycles. The molecule has 0 aromatic carbocycles. The van der Waals surface area contributed by atoms with Gasteiger partial charge in [0.15, 0.2) is 0 Å². The summed E-state index contributed by atoms with van der Waals surface area (Å²) in [5.41, 5.74) is 6.21. The quantitative estimate of drug-likeness (QED) is 0.624. The van der Waals surface area contributed by atoms with Gasteiger partial charge in [-0.05, 0) is 12.1 Å². The Balaban J connectivity index is 2.22. The summed E-state index contributed by atoms with van der Waals surface area (Å²) in [5, 5.41) is 2.24. The number of nitrogens with zero attached hydrogens (tertiary/aromatic N) is 2. The molecule has 1 aliphatic heterocycles. The molecule has 0 atom stereocenters. The molecule has 6 heteroatoms. The molecule has 1 aliphatic rings. The van der Waals surface area contributed by atoms with Crippen molar-refractivity contribution in [3.63, 3.8) is 0 Å². The van der Waals surface area contributed by atoms with Crippen LogP contribution in [0.1, 0.15) is 5.69 Å². The molecule has 16 heavy (non-hydrogen) atoms. The Hall–Kier alpha value is -1.95. The Kier molecular flexibility index (Phi) is 2.82. The Morgan fingerprint density at radius 2 is 2.00 bits per heavy atom. The summed E-state index contributed by atoms with van der Waals surface area (Å²) in [4.78, 5) is 28.2. The number of anilines is 1. The second-order valence-corrected chi connectivity index (χ2v) is 3.52. The van der Waals surface area contributed by atoms with Gasteiger partial charge in [0.25, 0.3) is 0 Å². The van der Waals surface area contributed by atoms with E-state index < -0.39 is 0 Å². The number of hydrogen-bond donors (Lipinski definition) is 2. The molecule has 2 amide bonds. The minimum Gasteiger partial charge on any atom is -0.338 e. The van der Waals surface area contributed by atoms with Crippen LogP contribution in [0.4, 0.5) is 5.82 Å². The maximum absolute atomic E-state index is 11.2. The number of nitrogens with two attached hydrogens (primary N) is 1. The minimum absolute atomic E-state index is 0.146. The number of aromatic nitrogens is 1. The summed E-state index contributed by atoms with van der Waals surface area (Å²) in [6, 6.07) is 5.36. The number of piperazine rings is 1. The molecule has 0 unspecified atom stereocenters. The number of carbonyl (C=O) groups excluding carboxylic acids is 2. The summed E-state index contributed by atoms with van der Waals surface area (Å²) in [6.07, 6.45) is 0. The summed E-state index contributed by atoms with van der Waals surface area (Å²) in [7, 11) is 0. The lowest BCUT2D eigenvalue weighted by atomic mass is 10.3. The number of rotatable bonds is 2. The Morgan fingerprint density at radius 1 is 1.31 bits per heavy atom. The third kappa shape index (κ3) is 2.17. The number of carbonyl (C=O) groups is 2. The zero-order valence-electron chi connectivity index (χ0n) is 8.64.